The van der Waals surface area contributed by atoms with E-state index in [2.05, 4.69) is 15.3 Å². The zero-order valence-electron chi connectivity index (χ0n) is 11.8. The van der Waals surface area contributed by atoms with E-state index in [0.717, 1.165) is 5.56 Å². The molecule has 0 saturated carbocycles. The van der Waals surface area contributed by atoms with Gasteiger partial charge in [-0.15, -0.1) is 0 Å². The van der Waals surface area contributed by atoms with Gasteiger partial charge in [-0.3, -0.25) is 10.1 Å². The van der Waals surface area contributed by atoms with Gasteiger partial charge in [0.05, 0.1) is 0 Å². The molecule has 0 aliphatic rings. The van der Waals surface area contributed by atoms with E-state index in [1.165, 1.54) is 6.07 Å². The number of aryl methyl sites for hydroxylation is 1. The molecular weight excluding hydrogens is 288 g/mol. The Morgan fingerprint density at radius 2 is 2.00 bits per heavy atom. The van der Waals surface area contributed by atoms with Crippen LogP contribution in [0.1, 0.15) is 11.3 Å². The predicted octanol–water partition coefficient (Wildman–Crippen LogP) is 1.54. The second kappa shape index (κ2) is 7.02. The van der Waals surface area contributed by atoms with Crippen LogP contribution >= 0.6 is 0 Å². The first kappa shape index (κ1) is 15.2. The molecule has 2 rings (SSSR count). The molecule has 1 aromatic heterocycles. The highest BCUT2D eigenvalue weighted by atomic mass is 16.5. The van der Waals surface area contributed by atoms with Crippen LogP contribution in [0.4, 0.5) is 15.5 Å². The molecule has 8 heteroatoms. The van der Waals surface area contributed by atoms with Crippen LogP contribution in [0.25, 0.3) is 0 Å². The van der Waals surface area contributed by atoms with Crippen molar-refractivity contribution in [2.45, 2.75) is 13.5 Å². The molecule has 8 nitrogen and oxygen atoms in total. The molecule has 0 radical (unpaired) electrons. The minimum absolute atomic E-state index is 0.0412. The SMILES string of the molecule is Cc1cc(=O)nc(NC(=O)NC(=O)OCc2ccccc2)[nH]1. The van der Waals surface area contributed by atoms with Crippen molar-refractivity contribution in [1.82, 2.24) is 15.3 Å². The molecule has 2 aromatic rings. The summed E-state index contributed by atoms with van der Waals surface area (Å²) in [7, 11) is 0. The number of carbonyl (C=O) groups excluding carboxylic acids is 2. The number of alkyl carbamates (subject to hydrolysis) is 1. The highest BCUT2D eigenvalue weighted by Crippen LogP contribution is 2.00. The third-order valence-electron chi connectivity index (χ3n) is 2.54. The van der Waals surface area contributed by atoms with Gasteiger partial charge in [0.25, 0.3) is 5.56 Å². The summed E-state index contributed by atoms with van der Waals surface area (Å²) >= 11 is 0. The second-order valence-corrected chi connectivity index (χ2v) is 4.39. The van der Waals surface area contributed by atoms with E-state index in [9.17, 15) is 14.4 Å². The molecule has 22 heavy (non-hydrogen) atoms. The Morgan fingerprint density at radius 3 is 2.68 bits per heavy atom. The van der Waals surface area contributed by atoms with E-state index < -0.39 is 17.7 Å². The number of benzene rings is 1. The van der Waals surface area contributed by atoms with Crippen LogP contribution in [0.15, 0.2) is 41.2 Å². The number of anilines is 1. The number of imide groups is 1. The van der Waals surface area contributed by atoms with Crippen molar-refractivity contribution >= 4 is 18.1 Å². The number of aromatic amines is 1. The summed E-state index contributed by atoms with van der Waals surface area (Å²) in [6.07, 6.45) is -0.906. The normalized spacial score (nSPS) is 9.86. The van der Waals surface area contributed by atoms with Gasteiger partial charge in [0.1, 0.15) is 6.61 Å². The average Bonchev–Trinajstić information content (AvgIpc) is 2.45. The fourth-order valence-electron chi connectivity index (χ4n) is 1.63. The van der Waals surface area contributed by atoms with Crippen molar-refractivity contribution in [2.75, 3.05) is 5.32 Å². The molecule has 0 spiro atoms. The number of nitrogens with zero attached hydrogens (tertiary/aromatic N) is 1. The van der Waals surface area contributed by atoms with Crippen molar-refractivity contribution in [2.24, 2.45) is 0 Å². The molecule has 0 unspecified atom stereocenters. The number of aromatic nitrogens is 2. The summed E-state index contributed by atoms with van der Waals surface area (Å²) in [5.74, 6) is -0.0571. The highest BCUT2D eigenvalue weighted by Gasteiger charge is 2.10. The summed E-state index contributed by atoms with van der Waals surface area (Å²) in [6.45, 7) is 1.68. The van der Waals surface area contributed by atoms with E-state index in [0.29, 0.717) is 5.69 Å². The molecule has 0 atom stereocenters. The van der Waals surface area contributed by atoms with Crippen molar-refractivity contribution < 1.29 is 14.3 Å². The lowest BCUT2D eigenvalue weighted by atomic mass is 10.2. The fourth-order valence-corrected chi connectivity index (χ4v) is 1.63. The van der Waals surface area contributed by atoms with Gasteiger partial charge in [-0.25, -0.2) is 14.9 Å². The zero-order valence-corrected chi connectivity index (χ0v) is 11.8. The minimum atomic E-state index is -0.906. The van der Waals surface area contributed by atoms with Crippen LogP contribution in [0.3, 0.4) is 0 Å². The molecule has 114 valence electrons. The molecule has 3 N–H and O–H groups in total. The van der Waals surface area contributed by atoms with Gasteiger partial charge in [-0.2, -0.15) is 4.98 Å². The summed E-state index contributed by atoms with van der Waals surface area (Å²) in [6, 6.07) is 9.45. The maximum atomic E-state index is 11.6. The van der Waals surface area contributed by atoms with Gasteiger partial charge in [-0.05, 0) is 12.5 Å². The average molecular weight is 302 g/mol. The molecule has 0 fully saturated rings. The quantitative estimate of drug-likeness (QED) is 0.796. The van der Waals surface area contributed by atoms with Crippen LogP contribution in [-0.2, 0) is 11.3 Å². The third-order valence-corrected chi connectivity index (χ3v) is 2.54. The van der Waals surface area contributed by atoms with E-state index in [-0.39, 0.29) is 12.6 Å². The largest absolute Gasteiger partial charge is 0.444 e. The monoisotopic (exact) mass is 302 g/mol. The Labute approximate surface area is 125 Å². The lowest BCUT2D eigenvalue weighted by Gasteiger charge is -2.07. The van der Waals surface area contributed by atoms with Crippen LogP contribution in [0.2, 0.25) is 0 Å². The number of amides is 3. The van der Waals surface area contributed by atoms with Gasteiger partial charge < -0.3 is 9.72 Å². The van der Waals surface area contributed by atoms with E-state index in [1.807, 2.05) is 23.5 Å². The Balaban J connectivity index is 1.83. The number of hydrogen-bond donors (Lipinski definition) is 3. The van der Waals surface area contributed by atoms with E-state index >= 15 is 0 Å². The number of carbonyl (C=O) groups is 2. The number of H-pyrrole nitrogens is 1. The highest BCUT2D eigenvalue weighted by molar-refractivity contribution is 5.97. The molecule has 0 aliphatic carbocycles. The number of nitrogens with one attached hydrogen (secondary N) is 3. The molecule has 1 heterocycles. The van der Waals surface area contributed by atoms with Crippen LogP contribution in [-0.4, -0.2) is 22.1 Å². The van der Waals surface area contributed by atoms with E-state index in [1.54, 1.807) is 19.1 Å². The van der Waals surface area contributed by atoms with Crippen LogP contribution < -0.4 is 16.2 Å². The Kier molecular flexibility index (Phi) is 4.86. The van der Waals surface area contributed by atoms with Crippen molar-refractivity contribution in [1.29, 1.82) is 0 Å². The van der Waals surface area contributed by atoms with Gasteiger partial charge in [-0.1, -0.05) is 30.3 Å². The van der Waals surface area contributed by atoms with Gasteiger partial charge >= 0.3 is 12.1 Å². The second-order valence-electron chi connectivity index (χ2n) is 4.39. The molecule has 0 aliphatic heterocycles. The summed E-state index contributed by atoms with van der Waals surface area (Å²) in [5.41, 5.74) is 0.822. The topological polar surface area (TPSA) is 113 Å². The van der Waals surface area contributed by atoms with Crippen molar-refractivity contribution in [3.8, 4) is 0 Å². The minimum Gasteiger partial charge on any atom is -0.444 e. The number of urea groups is 1. The first-order chi connectivity index (χ1) is 10.5. The van der Waals surface area contributed by atoms with E-state index in [4.69, 9.17) is 4.74 Å². The maximum Gasteiger partial charge on any atom is 0.415 e. The van der Waals surface area contributed by atoms with Gasteiger partial charge in [0.15, 0.2) is 0 Å². The molecule has 1 aromatic carbocycles. The van der Waals surface area contributed by atoms with Crippen molar-refractivity contribution in [3.63, 3.8) is 0 Å². The molecule has 0 bridgehead atoms. The molecule has 3 amide bonds. The molecular formula is C14H14N4O4. The van der Waals surface area contributed by atoms with Crippen molar-refractivity contribution in [3.05, 3.63) is 58.0 Å². The summed E-state index contributed by atoms with van der Waals surface area (Å²) in [4.78, 5) is 40.4. The lowest BCUT2D eigenvalue weighted by Crippen LogP contribution is -2.35. The maximum absolute atomic E-state index is 11.6. The Bertz CT molecular complexity index is 727. The van der Waals surface area contributed by atoms with Gasteiger partial charge in [0, 0.05) is 11.8 Å². The Morgan fingerprint density at radius 1 is 1.27 bits per heavy atom. The molecule has 0 saturated heterocycles. The predicted molar refractivity (Wildman–Crippen MR) is 78.4 cm³/mol. The standard InChI is InChI=1S/C14H14N4O4/c1-9-7-11(19)16-12(15-9)17-13(20)18-14(21)22-8-10-5-3-2-4-6-10/h2-7H,8H2,1H3,(H3,15,16,17,18,19,20,21). The van der Waals surface area contributed by atoms with Crippen LogP contribution in [0.5, 0.6) is 0 Å². The smallest absolute Gasteiger partial charge is 0.415 e. The first-order valence-electron chi connectivity index (χ1n) is 6.39. The fraction of sp³-hybridized carbons (Fsp3) is 0.143. The van der Waals surface area contributed by atoms with Gasteiger partial charge in [0.2, 0.25) is 5.95 Å². The summed E-state index contributed by atoms with van der Waals surface area (Å²) in [5, 5.41) is 4.20. The first-order valence-corrected chi connectivity index (χ1v) is 6.39. The zero-order chi connectivity index (χ0) is 15.9. The third kappa shape index (κ3) is 4.75. The number of hydrogen-bond acceptors (Lipinski definition) is 5. The summed E-state index contributed by atoms with van der Waals surface area (Å²) < 4.78 is 4.88. The van der Waals surface area contributed by atoms with Crippen LogP contribution in [0, 0.1) is 6.92 Å². The number of rotatable bonds is 3. The lowest BCUT2D eigenvalue weighted by molar-refractivity contribution is 0.142. The number of ether oxygens (including phenoxy) is 1. The Hall–Kier alpha value is -3.16.